The Morgan fingerprint density at radius 1 is 1.39 bits per heavy atom. The molecule has 18 heavy (non-hydrogen) atoms. The number of nitrogens with one attached hydrogen (secondary N) is 1. The minimum Gasteiger partial charge on any atom is -0.344 e. The highest BCUT2D eigenvalue weighted by Gasteiger charge is 2.17. The number of carbonyl (C=O) groups excluding carboxylic acids is 2. The lowest BCUT2D eigenvalue weighted by Gasteiger charge is -2.07. The molecule has 0 aliphatic rings. The van der Waals surface area contributed by atoms with Crippen molar-refractivity contribution in [3.05, 3.63) is 10.6 Å². The first kappa shape index (κ1) is 14.6. The van der Waals surface area contributed by atoms with E-state index in [0.717, 1.165) is 12.8 Å². The number of aromatic nitrogens is 1. The van der Waals surface area contributed by atoms with Gasteiger partial charge in [0, 0.05) is 20.5 Å². The number of aryl methyl sites for hydroxylation is 1. The van der Waals surface area contributed by atoms with Crippen molar-refractivity contribution in [1.29, 1.82) is 0 Å². The first-order valence-corrected chi connectivity index (χ1v) is 6.76. The highest BCUT2D eigenvalue weighted by atomic mass is 32.1. The fourth-order valence-electron chi connectivity index (χ4n) is 1.37. The molecule has 1 heterocycles. The second-order valence-electron chi connectivity index (χ2n) is 4.28. The van der Waals surface area contributed by atoms with E-state index in [0.29, 0.717) is 22.1 Å². The van der Waals surface area contributed by atoms with E-state index in [1.54, 1.807) is 21.0 Å². The Morgan fingerprint density at radius 3 is 2.61 bits per heavy atom. The summed E-state index contributed by atoms with van der Waals surface area (Å²) in [6, 6.07) is 0. The number of nitrogens with zero attached hydrogens (tertiary/aromatic N) is 2. The van der Waals surface area contributed by atoms with E-state index in [1.807, 2.05) is 6.92 Å². The summed E-state index contributed by atoms with van der Waals surface area (Å²) in [5, 5.41) is 3.23. The molecule has 0 unspecified atom stereocenters. The molecule has 0 atom stereocenters. The average molecular weight is 269 g/mol. The molecule has 0 aromatic carbocycles. The zero-order valence-corrected chi connectivity index (χ0v) is 12.1. The van der Waals surface area contributed by atoms with Gasteiger partial charge >= 0.3 is 0 Å². The largest absolute Gasteiger partial charge is 0.344 e. The number of anilines is 1. The van der Waals surface area contributed by atoms with Crippen molar-refractivity contribution in [3.63, 3.8) is 0 Å². The number of hydrogen-bond donors (Lipinski definition) is 1. The molecule has 1 aromatic rings. The molecule has 1 rings (SSSR count). The molecule has 1 aromatic heterocycles. The smallest absolute Gasteiger partial charge is 0.265 e. The van der Waals surface area contributed by atoms with Gasteiger partial charge in [-0.15, -0.1) is 0 Å². The summed E-state index contributed by atoms with van der Waals surface area (Å²) in [6.45, 7) is 3.81. The molecule has 0 fully saturated rings. The van der Waals surface area contributed by atoms with Gasteiger partial charge in [-0.25, -0.2) is 4.98 Å². The SMILES string of the molecule is CCCCC(=O)Nc1nc(C)c(C(=O)N(C)C)s1. The number of rotatable bonds is 5. The maximum atomic E-state index is 11.8. The number of amides is 2. The first-order valence-electron chi connectivity index (χ1n) is 5.94. The highest BCUT2D eigenvalue weighted by molar-refractivity contribution is 7.17. The van der Waals surface area contributed by atoms with Gasteiger partial charge in [-0.3, -0.25) is 9.59 Å². The van der Waals surface area contributed by atoms with Crippen LogP contribution >= 0.6 is 11.3 Å². The number of hydrogen-bond acceptors (Lipinski definition) is 4. The summed E-state index contributed by atoms with van der Waals surface area (Å²) in [5.74, 6) is -0.131. The molecule has 0 aliphatic carbocycles. The van der Waals surface area contributed by atoms with Crippen LogP contribution in [0.3, 0.4) is 0 Å². The second-order valence-corrected chi connectivity index (χ2v) is 5.28. The van der Waals surface area contributed by atoms with E-state index in [1.165, 1.54) is 16.2 Å². The van der Waals surface area contributed by atoms with E-state index in [-0.39, 0.29) is 11.8 Å². The van der Waals surface area contributed by atoms with Gasteiger partial charge in [0.2, 0.25) is 5.91 Å². The van der Waals surface area contributed by atoms with Crippen LogP contribution in [0.2, 0.25) is 0 Å². The van der Waals surface area contributed by atoms with Crippen LogP contribution in [0.15, 0.2) is 0 Å². The van der Waals surface area contributed by atoms with Crippen LogP contribution in [-0.4, -0.2) is 35.8 Å². The maximum absolute atomic E-state index is 11.8. The maximum Gasteiger partial charge on any atom is 0.265 e. The summed E-state index contributed by atoms with van der Waals surface area (Å²) >= 11 is 1.22. The molecule has 0 saturated carbocycles. The van der Waals surface area contributed by atoms with Crippen molar-refractivity contribution < 1.29 is 9.59 Å². The summed E-state index contributed by atoms with van der Waals surface area (Å²) in [5.41, 5.74) is 0.657. The number of thiazole rings is 1. The molecular weight excluding hydrogens is 250 g/mol. The van der Waals surface area contributed by atoms with Crippen LogP contribution < -0.4 is 5.32 Å². The van der Waals surface area contributed by atoms with Gasteiger partial charge in [0.05, 0.1) is 5.69 Å². The molecule has 0 radical (unpaired) electrons. The molecule has 0 bridgehead atoms. The fraction of sp³-hybridized carbons (Fsp3) is 0.583. The zero-order chi connectivity index (χ0) is 13.7. The molecule has 0 aliphatic heterocycles. The summed E-state index contributed by atoms with van der Waals surface area (Å²) < 4.78 is 0. The molecule has 0 saturated heterocycles. The lowest BCUT2D eigenvalue weighted by molar-refractivity contribution is -0.116. The standard InChI is InChI=1S/C12H19N3O2S/c1-5-6-7-9(16)14-12-13-8(2)10(18-12)11(17)15(3)4/h5-7H2,1-4H3,(H,13,14,16). The van der Waals surface area contributed by atoms with Gasteiger partial charge < -0.3 is 10.2 Å². The van der Waals surface area contributed by atoms with Gasteiger partial charge in [-0.2, -0.15) is 0 Å². The number of carbonyl (C=O) groups is 2. The van der Waals surface area contributed by atoms with Crippen LogP contribution in [0.5, 0.6) is 0 Å². The van der Waals surface area contributed by atoms with Gasteiger partial charge in [0.15, 0.2) is 5.13 Å². The van der Waals surface area contributed by atoms with E-state index < -0.39 is 0 Å². The van der Waals surface area contributed by atoms with Crippen LogP contribution in [0.4, 0.5) is 5.13 Å². The van der Waals surface area contributed by atoms with Gasteiger partial charge in [0.1, 0.15) is 4.88 Å². The topological polar surface area (TPSA) is 62.3 Å². The average Bonchev–Trinajstić information content (AvgIpc) is 2.66. The van der Waals surface area contributed by atoms with E-state index in [9.17, 15) is 9.59 Å². The summed E-state index contributed by atoms with van der Waals surface area (Å²) in [4.78, 5) is 29.7. The Kier molecular flexibility index (Phi) is 5.27. The predicted octanol–water partition coefficient (Wildman–Crippen LogP) is 2.28. The van der Waals surface area contributed by atoms with Crippen molar-refractivity contribution in [2.24, 2.45) is 0 Å². The molecular formula is C12H19N3O2S. The first-order chi connectivity index (χ1) is 8.45. The van der Waals surface area contributed by atoms with Crippen molar-refractivity contribution >= 4 is 28.3 Å². The zero-order valence-electron chi connectivity index (χ0n) is 11.2. The third kappa shape index (κ3) is 3.80. The van der Waals surface area contributed by atoms with Crippen LogP contribution in [0, 0.1) is 6.92 Å². The monoisotopic (exact) mass is 269 g/mol. The lowest BCUT2D eigenvalue weighted by atomic mass is 10.2. The van der Waals surface area contributed by atoms with Crippen molar-refractivity contribution in [2.45, 2.75) is 33.1 Å². The van der Waals surface area contributed by atoms with Crippen LogP contribution in [0.1, 0.15) is 41.6 Å². The van der Waals surface area contributed by atoms with Crippen molar-refractivity contribution in [1.82, 2.24) is 9.88 Å². The number of unbranched alkanes of at least 4 members (excludes halogenated alkanes) is 1. The summed E-state index contributed by atoms with van der Waals surface area (Å²) in [6.07, 6.45) is 2.33. The highest BCUT2D eigenvalue weighted by Crippen LogP contribution is 2.23. The quantitative estimate of drug-likeness (QED) is 0.892. The molecule has 6 heteroatoms. The molecule has 2 amide bonds. The van der Waals surface area contributed by atoms with E-state index >= 15 is 0 Å². The Labute approximate surface area is 111 Å². The van der Waals surface area contributed by atoms with Gasteiger partial charge in [-0.1, -0.05) is 24.7 Å². The predicted molar refractivity (Wildman–Crippen MR) is 73.0 cm³/mol. The molecule has 0 spiro atoms. The van der Waals surface area contributed by atoms with Crippen LogP contribution in [-0.2, 0) is 4.79 Å². The van der Waals surface area contributed by atoms with Crippen molar-refractivity contribution in [3.8, 4) is 0 Å². The van der Waals surface area contributed by atoms with Crippen molar-refractivity contribution in [2.75, 3.05) is 19.4 Å². The molecule has 5 nitrogen and oxygen atoms in total. The van der Waals surface area contributed by atoms with Gasteiger partial charge in [-0.05, 0) is 13.3 Å². The van der Waals surface area contributed by atoms with Crippen LogP contribution in [0.25, 0.3) is 0 Å². The minimum absolute atomic E-state index is 0.0468. The summed E-state index contributed by atoms with van der Waals surface area (Å²) in [7, 11) is 3.39. The molecule has 100 valence electrons. The lowest BCUT2D eigenvalue weighted by Crippen LogP contribution is -2.21. The fourth-order valence-corrected chi connectivity index (χ4v) is 2.37. The Balaban J connectivity index is 2.72. The minimum atomic E-state index is -0.0842. The Hall–Kier alpha value is -1.43. The second kappa shape index (κ2) is 6.49. The van der Waals surface area contributed by atoms with E-state index in [4.69, 9.17) is 0 Å². The van der Waals surface area contributed by atoms with E-state index in [2.05, 4.69) is 10.3 Å². The Bertz CT molecular complexity index is 441. The molecule has 1 N–H and O–H groups in total. The third-order valence-corrected chi connectivity index (χ3v) is 3.46. The normalized spacial score (nSPS) is 10.2. The van der Waals surface area contributed by atoms with Gasteiger partial charge in [0.25, 0.3) is 5.91 Å². The Morgan fingerprint density at radius 2 is 2.06 bits per heavy atom. The third-order valence-electron chi connectivity index (χ3n) is 2.40.